The van der Waals surface area contributed by atoms with E-state index in [2.05, 4.69) is 4.72 Å². The Labute approximate surface area is 118 Å². The summed E-state index contributed by atoms with van der Waals surface area (Å²) in [4.78, 5) is 0.204. The Balaban J connectivity index is 2.50. The lowest BCUT2D eigenvalue weighted by Gasteiger charge is -2.16. The van der Waals surface area contributed by atoms with Crippen LogP contribution in [0.3, 0.4) is 0 Å². The number of nitrogens with two attached hydrogens (primary N) is 1. The minimum atomic E-state index is -3.71. The van der Waals surface area contributed by atoms with Crippen molar-refractivity contribution in [2.45, 2.75) is 24.3 Å². The summed E-state index contributed by atoms with van der Waals surface area (Å²) in [5.41, 5.74) is 5.40. The molecule has 0 saturated carbocycles. The molecule has 20 heavy (non-hydrogen) atoms. The Kier molecular flexibility index (Phi) is 4.06. The number of benzene rings is 2. The smallest absolute Gasteiger partial charge is 0.241 e. The number of hydrogen-bond donors (Lipinski definition) is 3. The fraction of sp³-hybridized carbons (Fsp3) is 0.214. The summed E-state index contributed by atoms with van der Waals surface area (Å²) in [7, 11) is -3.71. The maximum atomic E-state index is 12.5. The number of amidine groups is 1. The fourth-order valence-corrected chi connectivity index (χ4v) is 3.58. The molecule has 0 aliphatic rings. The van der Waals surface area contributed by atoms with Gasteiger partial charge in [0.05, 0.1) is 10.9 Å². The summed E-state index contributed by atoms with van der Waals surface area (Å²) >= 11 is 0. The molecular formula is C14H17N3O2S. The third kappa shape index (κ3) is 2.81. The first-order valence-corrected chi connectivity index (χ1v) is 7.78. The van der Waals surface area contributed by atoms with Crippen LogP contribution < -0.4 is 10.5 Å². The van der Waals surface area contributed by atoms with Gasteiger partial charge in [0.1, 0.15) is 5.84 Å². The van der Waals surface area contributed by atoms with Crippen LogP contribution >= 0.6 is 0 Å². The van der Waals surface area contributed by atoms with Crippen molar-refractivity contribution in [1.82, 2.24) is 4.72 Å². The van der Waals surface area contributed by atoms with E-state index in [9.17, 15) is 8.42 Å². The van der Waals surface area contributed by atoms with Crippen LogP contribution in [-0.4, -0.2) is 20.3 Å². The molecule has 4 N–H and O–H groups in total. The average molecular weight is 291 g/mol. The molecule has 0 radical (unpaired) electrons. The first-order chi connectivity index (χ1) is 9.45. The Bertz CT molecular complexity index is 736. The molecule has 0 heterocycles. The zero-order chi connectivity index (χ0) is 14.8. The van der Waals surface area contributed by atoms with Gasteiger partial charge in [-0.3, -0.25) is 5.41 Å². The van der Waals surface area contributed by atoms with Crippen LogP contribution in [0.4, 0.5) is 0 Å². The number of nitrogens with one attached hydrogen (secondary N) is 2. The normalized spacial score (nSPS) is 13.2. The third-order valence-electron chi connectivity index (χ3n) is 3.12. The summed E-state index contributed by atoms with van der Waals surface area (Å²) in [6.45, 7) is 1.78. The van der Waals surface area contributed by atoms with E-state index in [1.165, 1.54) is 0 Å². The van der Waals surface area contributed by atoms with Gasteiger partial charge in [-0.05, 0) is 17.9 Å². The standard InChI is InChI=1S/C14H17N3O2S/c1-2-12(14(15)16)17-20(18,19)13-9-5-7-10-6-3-4-8-11(10)13/h3-9,12,17H,2H2,1H3,(H3,15,16). The molecule has 2 aromatic carbocycles. The van der Waals surface area contributed by atoms with Gasteiger partial charge in [-0.2, -0.15) is 0 Å². The van der Waals surface area contributed by atoms with Crippen molar-refractivity contribution in [2.24, 2.45) is 5.73 Å². The van der Waals surface area contributed by atoms with E-state index in [0.717, 1.165) is 5.39 Å². The summed E-state index contributed by atoms with van der Waals surface area (Å²) in [5.74, 6) is -0.184. The highest BCUT2D eigenvalue weighted by molar-refractivity contribution is 7.89. The molecule has 1 unspecified atom stereocenters. The fourth-order valence-electron chi connectivity index (χ4n) is 2.05. The maximum absolute atomic E-state index is 12.5. The topological polar surface area (TPSA) is 96.0 Å². The molecule has 0 amide bonds. The molecule has 1 atom stereocenters. The largest absolute Gasteiger partial charge is 0.386 e. The Hall–Kier alpha value is -1.92. The molecule has 0 bridgehead atoms. The van der Waals surface area contributed by atoms with Gasteiger partial charge in [-0.25, -0.2) is 13.1 Å². The lowest BCUT2D eigenvalue weighted by atomic mass is 10.1. The van der Waals surface area contributed by atoms with Crippen molar-refractivity contribution < 1.29 is 8.42 Å². The molecule has 106 valence electrons. The molecule has 6 heteroatoms. The number of rotatable bonds is 5. The van der Waals surface area contributed by atoms with Gasteiger partial charge in [-0.1, -0.05) is 43.3 Å². The predicted molar refractivity (Wildman–Crippen MR) is 80.3 cm³/mol. The highest BCUT2D eigenvalue weighted by Crippen LogP contribution is 2.22. The molecule has 5 nitrogen and oxygen atoms in total. The van der Waals surface area contributed by atoms with E-state index in [0.29, 0.717) is 11.8 Å². The van der Waals surface area contributed by atoms with Crippen molar-refractivity contribution in [2.75, 3.05) is 0 Å². The predicted octanol–water partition coefficient (Wildman–Crippen LogP) is 1.83. The van der Waals surface area contributed by atoms with Crippen LogP contribution in [0.25, 0.3) is 10.8 Å². The molecule has 0 fully saturated rings. The highest BCUT2D eigenvalue weighted by Gasteiger charge is 2.22. The van der Waals surface area contributed by atoms with Crippen molar-refractivity contribution in [3.05, 3.63) is 42.5 Å². The molecule has 2 rings (SSSR count). The Morgan fingerprint density at radius 2 is 1.90 bits per heavy atom. The van der Waals surface area contributed by atoms with Crippen molar-refractivity contribution in [1.29, 1.82) is 5.41 Å². The van der Waals surface area contributed by atoms with Crippen LogP contribution in [0.1, 0.15) is 13.3 Å². The number of hydrogen-bond acceptors (Lipinski definition) is 3. The van der Waals surface area contributed by atoms with E-state index in [4.69, 9.17) is 11.1 Å². The quantitative estimate of drug-likeness (QED) is 0.579. The van der Waals surface area contributed by atoms with Gasteiger partial charge in [0, 0.05) is 5.39 Å². The maximum Gasteiger partial charge on any atom is 0.241 e. The third-order valence-corrected chi connectivity index (χ3v) is 4.65. The van der Waals surface area contributed by atoms with Crippen molar-refractivity contribution in [3.8, 4) is 0 Å². The monoisotopic (exact) mass is 291 g/mol. The SMILES string of the molecule is CCC(NS(=O)(=O)c1cccc2ccccc12)C(=N)N. The van der Waals surface area contributed by atoms with Gasteiger partial charge >= 0.3 is 0 Å². The summed E-state index contributed by atoms with van der Waals surface area (Å²) in [5, 5.41) is 8.91. The van der Waals surface area contributed by atoms with Crippen molar-refractivity contribution in [3.63, 3.8) is 0 Å². The molecule has 0 saturated heterocycles. The van der Waals surface area contributed by atoms with Gasteiger partial charge in [0.25, 0.3) is 0 Å². The van der Waals surface area contributed by atoms with Gasteiger partial charge in [-0.15, -0.1) is 0 Å². The second kappa shape index (κ2) is 5.60. The minimum absolute atomic E-state index is 0.184. The van der Waals surface area contributed by atoms with E-state index < -0.39 is 16.1 Å². The summed E-state index contributed by atoms with van der Waals surface area (Å²) in [6.07, 6.45) is 0.430. The van der Waals surface area contributed by atoms with E-state index >= 15 is 0 Å². The second-order valence-electron chi connectivity index (χ2n) is 4.51. The lowest BCUT2D eigenvalue weighted by Crippen LogP contribution is -2.43. The summed E-state index contributed by atoms with van der Waals surface area (Å²) < 4.78 is 27.4. The number of fused-ring (bicyclic) bond motifs is 1. The average Bonchev–Trinajstić information content (AvgIpc) is 2.43. The molecule has 0 aliphatic heterocycles. The van der Waals surface area contributed by atoms with Crippen molar-refractivity contribution >= 4 is 26.6 Å². The van der Waals surface area contributed by atoms with Gasteiger partial charge in [0.15, 0.2) is 0 Å². The Morgan fingerprint density at radius 1 is 1.25 bits per heavy atom. The second-order valence-corrected chi connectivity index (χ2v) is 6.20. The van der Waals surface area contributed by atoms with Crippen LogP contribution in [0.2, 0.25) is 0 Å². The molecule has 0 spiro atoms. The highest BCUT2D eigenvalue weighted by atomic mass is 32.2. The van der Waals surface area contributed by atoms with E-state index in [-0.39, 0.29) is 10.7 Å². The van der Waals surface area contributed by atoms with E-state index in [1.807, 2.05) is 18.2 Å². The zero-order valence-electron chi connectivity index (χ0n) is 11.1. The molecule has 0 aliphatic carbocycles. The molecular weight excluding hydrogens is 274 g/mol. The van der Waals surface area contributed by atoms with Gasteiger partial charge in [0.2, 0.25) is 10.0 Å². The van der Waals surface area contributed by atoms with Crippen LogP contribution in [0.5, 0.6) is 0 Å². The van der Waals surface area contributed by atoms with Crippen LogP contribution in [0, 0.1) is 5.41 Å². The first-order valence-electron chi connectivity index (χ1n) is 6.29. The zero-order valence-corrected chi connectivity index (χ0v) is 11.9. The van der Waals surface area contributed by atoms with Gasteiger partial charge < -0.3 is 5.73 Å². The number of sulfonamides is 1. The molecule has 0 aromatic heterocycles. The Morgan fingerprint density at radius 3 is 2.55 bits per heavy atom. The van der Waals surface area contributed by atoms with E-state index in [1.54, 1.807) is 31.2 Å². The van der Waals surface area contributed by atoms with Crippen LogP contribution in [0.15, 0.2) is 47.4 Å². The lowest BCUT2D eigenvalue weighted by molar-refractivity contribution is 0.572. The first kappa shape index (κ1) is 14.5. The minimum Gasteiger partial charge on any atom is -0.386 e. The molecule has 2 aromatic rings. The summed E-state index contributed by atoms with van der Waals surface area (Å²) in [6, 6.07) is 11.7. The van der Waals surface area contributed by atoms with Crippen LogP contribution in [-0.2, 0) is 10.0 Å².